The van der Waals surface area contributed by atoms with E-state index < -0.39 is 0 Å². The second-order valence-electron chi connectivity index (χ2n) is 8.76. The van der Waals surface area contributed by atoms with Crippen LogP contribution in [-0.4, -0.2) is 75.6 Å². The zero-order valence-corrected chi connectivity index (χ0v) is 19.2. The van der Waals surface area contributed by atoms with Gasteiger partial charge in [0.15, 0.2) is 5.69 Å². The number of hydrogen-bond donors (Lipinski definition) is 0. The summed E-state index contributed by atoms with van der Waals surface area (Å²) in [6, 6.07) is 21.9. The molecular weight excluding hydrogens is 426 g/mol. The molecule has 2 aliphatic heterocycles. The van der Waals surface area contributed by atoms with E-state index in [0.717, 1.165) is 25.2 Å². The normalized spacial score (nSPS) is 16.8. The van der Waals surface area contributed by atoms with Crippen molar-refractivity contribution in [1.82, 2.24) is 24.5 Å². The predicted molar refractivity (Wildman–Crippen MR) is 131 cm³/mol. The van der Waals surface area contributed by atoms with Gasteiger partial charge in [0, 0.05) is 51.9 Å². The molecular formula is C27H29N5O2. The van der Waals surface area contributed by atoms with E-state index in [2.05, 4.69) is 34.3 Å². The number of hydrogen-bond acceptors (Lipinski definition) is 4. The lowest BCUT2D eigenvalue weighted by Crippen LogP contribution is -2.48. The SMILES string of the molecule is O=C(c1cc2n(n1)CCN(Cc1ccccc1)C2=O)N1CCN(C/C=C/c2ccccc2)CC1. The average Bonchev–Trinajstić information content (AvgIpc) is 3.32. The van der Waals surface area contributed by atoms with Crippen molar-refractivity contribution in [3.8, 4) is 0 Å². The highest BCUT2D eigenvalue weighted by Crippen LogP contribution is 2.18. The zero-order valence-electron chi connectivity index (χ0n) is 19.2. The first-order valence-electron chi connectivity index (χ1n) is 11.8. The Hall–Kier alpha value is -3.71. The van der Waals surface area contributed by atoms with E-state index >= 15 is 0 Å². The molecule has 3 heterocycles. The molecule has 0 unspecified atom stereocenters. The van der Waals surface area contributed by atoms with Crippen LogP contribution >= 0.6 is 0 Å². The first kappa shape index (κ1) is 22.1. The van der Waals surface area contributed by atoms with E-state index in [9.17, 15) is 9.59 Å². The molecule has 2 amide bonds. The molecule has 34 heavy (non-hydrogen) atoms. The van der Waals surface area contributed by atoms with E-state index in [-0.39, 0.29) is 11.8 Å². The lowest BCUT2D eigenvalue weighted by molar-refractivity contribution is 0.0639. The summed E-state index contributed by atoms with van der Waals surface area (Å²) in [6.07, 6.45) is 4.30. The first-order chi connectivity index (χ1) is 16.7. The van der Waals surface area contributed by atoms with E-state index in [0.29, 0.717) is 44.1 Å². The quantitative estimate of drug-likeness (QED) is 0.573. The van der Waals surface area contributed by atoms with Gasteiger partial charge in [-0.2, -0.15) is 5.10 Å². The van der Waals surface area contributed by atoms with Crippen molar-refractivity contribution in [2.75, 3.05) is 39.3 Å². The van der Waals surface area contributed by atoms with Crippen LogP contribution in [0.15, 0.2) is 72.8 Å². The van der Waals surface area contributed by atoms with Gasteiger partial charge in [-0.05, 0) is 11.1 Å². The van der Waals surface area contributed by atoms with Crippen molar-refractivity contribution in [2.24, 2.45) is 0 Å². The number of rotatable bonds is 6. The van der Waals surface area contributed by atoms with Gasteiger partial charge in [-0.15, -0.1) is 0 Å². The number of carbonyl (C=O) groups is 2. The van der Waals surface area contributed by atoms with Crippen molar-refractivity contribution in [3.63, 3.8) is 0 Å². The van der Waals surface area contributed by atoms with Crippen molar-refractivity contribution < 1.29 is 9.59 Å². The van der Waals surface area contributed by atoms with Crippen LogP contribution in [0.1, 0.15) is 32.1 Å². The summed E-state index contributed by atoms with van der Waals surface area (Å²) in [5.74, 6) is -0.166. The van der Waals surface area contributed by atoms with Gasteiger partial charge in [-0.3, -0.25) is 19.2 Å². The molecule has 1 aromatic heterocycles. The second-order valence-corrected chi connectivity index (χ2v) is 8.76. The summed E-state index contributed by atoms with van der Waals surface area (Å²) in [4.78, 5) is 32.1. The third-order valence-electron chi connectivity index (χ3n) is 6.44. The highest BCUT2D eigenvalue weighted by atomic mass is 16.2. The summed E-state index contributed by atoms with van der Waals surface area (Å²) < 4.78 is 1.68. The fourth-order valence-corrected chi connectivity index (χ4v) is 4.50. The Morgan fingerprint density at radius 2 is 1.59 bits per heavy atom. The maximum absolute atomic E-state index is 13.1. The summed E-state index contributed by atoms with van der Waals surface area (Å²) in [7, 11) is 0. The molecule has 0 bridgehead atoms. The Morgan fingerprint density at radius 1 is 0.882 bits per heavy atom. The third-order valence-corrected chi connectivity index (χ3v) is 6.44. The number of fused-ring (bicyclic) bond motifs is 1. The summed E-state index contributed by atoms with van der Waals surface area (Å²) in [5.41, 5.74) is 3.14. The van der Waals surface area contributed by atoms with Crippen LogP contribution in [0.5, 0.6) is 0 Å². The first-order valence-corrected chi connectivity index (χ1v) is 11.8. The highest BCUT2D eigenvalue weighted by molar-refractivity contribution is 5.98. The average molecular weight is 456 g/mol. The molecule has 2 aromatic carbocycles. The molecule has 0 spiro atoms. The number of nitrogens with zero attached hydrogens (tertiary/aromatic N) is 5. The second kappa shape index (κ2) is 10.1. The van der Waals surface area contributed by atoms with E-state index in [4.69, 9.17) is 0 Å². The van der Waals surface area contributed by atoms with E-state index in [1.807, 2.05) is 58.3 Å². The molecule has 0 radical (unpaired) electrons. The van der Waals surface area contributed by atoms with Gasteiger partial charge in [0.05, 0.1) is 6.54 Å². The molecule has 2 aliphatic rings. The Balaban J connectivity index is 1.16. The third kappa shape index (κ3) is 4.94. The van der Waals surface area contributed by atoms with Gasteiger partial charge in [-0.25, -0.2) is 0 Å². The van der Waals surface area contributed by atoms with Gasteiger partial charge in [-0.1, -0.05) is 72.8 Å². The van der Waals surface area contributed by atoms with Crippen molar-refractivity contribution in [3.05, 3.63) is 95.3 Å². The van der Waals surface area contributed by atoms with Crippen LogP contribution in [0.4, 0.5) is 0 Å². The van der Waals surface area contributed by atoms with Crippen molar-refractivity contribution in [1.29, 1.82) is 0 Å². The summed E-state index contributed by atoms with van der Waals surface area (Å²) in [6.45, 7) is 5.58. The van der Waals surface area contributed by atoms with Crippen LogP contribution in [0, 0.1) is 0 Å². The van der Waals surface area contributed by atoms with Crippen LogP contribution < -0.4 is 0 Å². The molecule has 3 aromatic rings. The van der Waals surface area contributed by atoms with Gasteiger partial charge >= 0.3 is 0 Å². The molecule has 5 rings (SSSR count). The fraction of sp³-hybridized carbons (Fsp3) is 0.296. The van der Waals surface area contributed by atoms with Crippen LogP contribution in [0.3, 0.4) is 0 Å². The Kier molecular flexibility index (Phi) is 6.53. The minimum Gasteiger partial charge on any atom is -0.335 e. The van der Waals surface area contributed by atoms with Gasteiger partial charge in [0.2, 0.25) is 0 Å². The number of benzene rings is 2. The molecule has 0 aliphatic carbocycles. The lowest BCUT2D eigenvalue weighted by atomic mass is 10.2. The highest BCUT2D eigenvalue weighted by Gasteiger charge is 2.30. The smallest absolute Gasteiger partial charge is 0.274 e. The van der Waals surface area contributed by atoms with Crippen molar-refractivity contribution in [2.45, 2.75) is 13.1 Å². The molecule has 1 saturated heterocycles. The fourth-order valence-electron chi connectivity index (χ4n) is 4.50. The van der Waals surface area contributed by atoms with Gasteiger partial charge < -0.3 is 9.80 Å². The Labute approximate surface area is 199 Å². The molecule has 0 saturated carbocycles. The Bertz CT molecular complexity index is 1160. The maximum Gasteiger partial charge on any atom is 0.274 e. The standard InChI is InChI=1S/C27H29N5O2/c33-26(30-16-14-29(15-17-30)13-7-12-22-8-3-1-4-9-22)24-20-25-27(34)31(18-19-32(25)28-24)21-23-10-5-2-6-11-23/h1-12,20H,13-19,21H2/b12-7+. The minimum absolute atomic E-state index is 0.0725. The number of carbonyl (C=O) groups excluding carboxylic acids is 2. The molecule has 7 heteroatoms. The minimum atomic E-state index is -0.0937. The van der Waals surface area contributed by atoms with Crippen LogP contribution in [0.25, 0.3) is 6.08 Å². The topological polar surface area (TPSA) is 61.7 Å². The van der Waals surface area contributed by atoms with Gasteiger partial charge in [0.1, 0.15) is 5.69 Å². The maximum atomic E-state index is 13.1. The monoisotopic (exact) mass is 455 g/mol. The van der Waals surface area contributed by atoms with Gasteiger partial charge in [0.25, 0.3) is 11.8 Å². The van der Waals surface area contributed by atoms with E-state index in [1.165, 1.54) is 5.56 Å². The molecule has 7 nitrogen and oxygen atoms in total. The summed E-state index contributed by atoms with van der Waals surface area (Å²) in [5, 5.41) is 4.47. The largest absolute Gasteiger partial charge is 0.335 e. The molecule has 1 fully saturated rings. The Morgan fingerprint density at radius 3 is 2.32 bits per heavy atom. The van der Waals surface area contributed by atoms with Crippen LogP contribution in [-0.2, 0) is 13.1 Å². The van der Waals surface area contributed by atoms with Crippen LogP contribution in [0.2, 0.25) is 0 Å². The number of piperazine rings is 1. The molecule has 0 atom stereocenters. The molecule has 174 valence electrons. The van der Waals surface area contributed by atoms with Crippen molar-refractivity contribution >= 4 is 17.9 Å². The zero-order chi connectivity index (χ0) is 23.3. The van der Waals surface area contributed by atoms with E-state index in [1.54, 1.807) is 10.7 Å². The summed E-state index contributed by atoms with van der Waals surface area (Å²) >= 11 is 0. The number of amides is 2. The predicted octanol–water partition coefficient (Wildman–Crippen LogP) is 3.01. The number of aromatic nitrogens is 2. The molecule has 0 N–H and O–H groups in total. The lowest BCUT2D eigenvalue weighted by Gasteiger charge is -2.33.